The van der Waals surface area contributed by atoms with E-state index in [4.69, 9.17) is 0 Å². The Hall–Kier alpha value is -1.51. The third-order valence-corrected chi connectivity index (χ3v) is 4.73. The van der Waals surface area contributed by atoms with Crippen LogP contribution in [0.1, 0.15) is 36.3 Å². The van der Waals surface area contributed by atoms with E-state index >= 15 is 0 Å². The highest BCUT2D eigenvalue weighted by Crippen LogP contribution is 2.45. The summed E-state index contributed by atoms with van der Waals surface area (Å²) < 4.78 is 1.18. The molecule has 1 heterocycles. The second-order valence-corrected chi connectivity index (χ2v) is 6.03. The van der Waals surface area contributed by atoms with Crippen molar-refractivity contribution in [3.8, 4) is 0 Å². The van der Waals surface area contributed by atoms with Gasteiger partial charge in [0.15, 0.2) is 0 Å². The molecule has 1 aliphatic carbocycles. The van der Waals surface area contributed by atoms with E-state index in [-0.39, 0.29) is 5.54 Å². The SMILES string of the molecule is Cc1nc2cccc(C3(N=C=O)CCCC3)c2s1. The van der Waals surface area contributed by atoms with E-state index in [1.54, 1.807) is 17.4 Å². The van der Waals surface area contributed by atoms with Gasteiger partial charge in [0.1, 0.15) is 0 Å². The third-order valence-electron chi connectivity index (χ3n) is 3.71. The Morgan fingerprint density at radius 2 is 2.17 bits per heavy atom. The first-order chi connectivity index (χ1) is 8.75. The monoisotopic (exact) mass is 258 g/mol. The molecule has 4 heteroatoms. The molecule has 0 unspecified atom stereocenters. The minimum Gasteiger partial charge on any atom is -0.242 e. The van der Waals surface area contributed by atoms with Gasteiger partial charge in [0.05, 0.1) is 20.8 Å². The number of fused-ring (bicyclic) bond motifs is 1. The highest BCUT2D eigenvalue weighted by atomic mass is 32.1. The van der Waals surface area contributed by atoms with Crippen LogP contribution in [0.15, 0.2) is 23.2 Å². The summed E-state index contributed by atoms with van der Waals surface area (Å²) in [5, 5.41) is 1.06. The van der Waals surface area contributed by atoms with E-state index in [0.29, 0.717) is 0 Å². The first kappa shape index (κ1) is 11.6. The molecule has 1 fully saturated rings. The minimum atomic E-state index is -0.347. The smallest absolute Gasteiger partial charge is 0.235 e. The molecule has 0 radical (unpaired) electrons. The van der Waals surface area contributed by atoms with Crippen molar-refractivity contribution in [2.24, 2.45) is 4.99 Å². The van der Waals surface area contributed by atoms with Crippen LogP contribution in [0.3, 0.4) is 0 Å². The highest BCUT2D eigenvalue weighted by Gasteiger charge is 2.37. The zero-order valence-corrected chi connectivity index (χ0v) is 11.1. The fourth-order valence-electron chi connectivity index (χ4n) is 2.92. The molecule has 3 nitrogen and oxygen atoms in total. The van der Waals surface area contributed by atoms with Gasteiger partial charge < -0.3 is 0 Å². The van der Waals surface area contributed by atoms with E-state index in [9.17, 15) is 4.79 Å². The maximum atomic E-state index is 10.8. The van der Waals surface area contributed by atoms with Crippen molar-refractivity contribution in [2.75, 3.05) is 0 Å². The zero-order chi connectivity index (χ0) is 12.6. The lowest BCUT2D eigenvalue weighted by atomic mass is 9.89. The molecule has 0 bridgehead atoms. The van der Waals surface area contributed by atoms with Crippen molar-refractivity contribution < 1.29 is 4.79 Å². The Morgan fingerprint density at radius 3 is 2.89 bits per heavy atom. The van der Waals surface area contributed by atoms with Crippen molar-refractivity contribution in [3.63, 3.8) is 0 Å². The van der Waals surface area contributed by atoms with Crippen LogP contribution in [-0.2, 0) is 10.3 Å². The molecule has 1 aromatic carbocycles. The normalized spacial score (nSPS) is 17.8. The van der Waals surface area contributed by atoms with Gasteiger partial charge in [-0.25, -0.2) is 9.78 Å². The van der Waals surface area contributed by atoms with Crippen LogP contribution in [0.2, 0.25) is 0 Å². The summed E-state index contributed by atoms with van der Waals surface area (Å²) in [5.74, 6) is 0. The molecule has 92 valence electrons. The van der Waals surface area contributed by atoms with Gasteiger partial charge in [-0.05, 0) is 31.4 Å². The van der Waals surface area contributed by atoms with Crippen LogP contribution in [0.25, 0.3) is 10.2 Å². The summed E-state index contributed by atoms with van der Waals surface area (Å²) in [6.45, 7) is 2.01. The first-order valence-corrected chi connectivity index (χ1v) is 7.02. The van der Waals surface area contributed by atoms with Crippen molar-refractivity contribution >= 4 is 27.6 Å². The quantitative estimate of drug-likeness (QED) is 0.608. The second-order valence-electron chi connectivity index (χ2n) is 4.83. The Kier molecular flexibility index (Phi) is 2.77. The molecule has 0 atom stereocenters. The number of hydrogen-bond acceptors (Lipinski definition) is 4. The van der Waals surface area contributed by atoms with Gasteiger partial charge in [0, 0.05) is 0 Å². The van der Waals surface area contributed by atoms with Crippen molar-refractivity contribution in [1.82, 2.24) is 4.98 Å². The number of aromatic nitrogens is 1. The van der Waals surface area contributed by atoms with E-state index in [0.717, 1.165) is 41.8 Å². The predicted octanol–water partition coefficient (Wildman–Crippen LogP) is 3.71. The number of thiazole rings is 1. The average Bonchev–Trinajstić information content (AvgIpc) is 2.94. The molecular formula is C14H14N2OS. The molecule has 18 heavy (non-hydrogen) atoms. The van der Waals surface area contributed by atoms with Gasteiger partial charge in [-0.15, -0.1) is 11.3 Å². The largest absolute Gasteiger partial charge is 0.242 e. The van der Waals surface area contributed by atoms with Gasteiger partial charge in [-0.3, -0.25) is 0 Å². The number of aryl methyl sites for hydroxylation is 1. The highest BCUT2D eigenvalue weighted by molar-refractivity contribution is 7.18. The molecule has 0 amide bonds. The standard InChI is InChI=1S/C14H14N2OS/c1-10-16-12-6-4-5-11(13(12)18-10)14(15-9-17)7-2-3-8-14/h4-6H,2-3,7-8H2,1H3. The number of hydrogen-bond donors (Lipinski definition) is 0. The van der Waals surface area contributed by atoms with Gasteiger partial charge in [0.2, 0.25) is 6.08 Å². The Bertz CT molecular complexity index is 634. The van der Waals surface area contributed by atoms with Gasteiger partial charge in [0.25, 0.3) is 0 Å². The van der Waals surface area contributed by atoms with Crippen molar-refractivity contribution in [3.05, 3.63) is 28.8 Å². The van der Waals surface area contributed by atoms with Gasteiger partial charge >= 0.3 is 0 Å². The van der Waals surface area contributed by atoms with Crippen molar-refractivity contribution in [2.45, 2.75) is 38.1 Å². The minimum absolute atomic E-state index is 0.347. The average molecular weight is 258 g/mol. The summed E-state index contributed by atoms with van der Waals surface area (Å²) in [6, 6.07) is 6.12. The van der Waals surface area contributed by atoms with E-state index in [2.05, 4.69) is 16.0 Å². The summed E-state index contributed by atoms with van der Waals surface area (Å²) in [6.07, 6.45) is 5.91. The lowest BCUT2D eigenvalue weighted by molar-refractivity contribution is 0.460. The van der Waals surface area contributed by atoms with Crippen LogP contribution in [0.5, 0.6) is 0 Å². The fourth-order valence-corrected chi connectivity index (χ4v) is 3.94. The molecule has 1 aliphatic rings. The summed E-state index contributed by atoms with van der Waals surface area (Å²) >= 11 is 1.69. The number of isocyanates is 1. The topological polar surface area (TPSA) is 42.3 Å². The summed E-state index contributed by atoms with van der Waals surface area (Å²) in [7, 11) is 0. The van der Waals surface area contributed by atoms with E-state index in [1.165, 1.54) is 4.70 Å². The maximum Gasteiger partial charge on any atom is 0.235 e. The van der Waals surface area contributed by atoms with Crippen molar-refractivity contribution in [1.29, 1.82) is 0 Å². The molecule has 0 spiro atoms. The maximum absolute atomic E-state index is 10.8. The summed E-state index contributed by atoms with van der Waals surface area (Å²) in [5.41, 5.74) is 1.83. The number of benzene rings is 1. The van der Waals surface area contributed by atoms with E-state index < -0.39 is 0 Å². The first-order valence-electron chi connectivity index (χ1n) is 6.21. The molecule has 0 N–H and O–H groups in total. The molecule has 2 aromatic rings. The lowest BCUT2D eigenvalue weighted by Crippen LogP contribution is -2.18. The Morgan fingerprint density at radius 1 is 1.39 bits per heavy atom. The Labute approximate surface area is 110 Å². The molecule has 3 rings (SSSR count). The second kappa shape index (κ2) is 4.30. The molecule has 0 saturated heterocycles. The number of nitrogens with zero attached hydrogens (tertiary/aromatic N) is 2. The molecule has 0 aliphatic heterocycles. The summed E-state index contributed by atoms with van der Waals surface area (Å²) in [4.78, 5) is 19.4. The van der Waals surface area contributed by atoms with Crippen LogP contribution in [0, 0.1) is 6.92 Å². The van der Waals surface area contributed by atoms with Crippen LogP contribution >= 0.6 is 11.3 Å². The molecular weight excluding hydrogens is 244 g/mol. The van der Waals surface area contributed by atoms with Crippen LogP contribution in [-0.4, -0.2) is 11.1 Å². The Balaban J connectivity index is 2.26. The number of rotatable bonds is 2. The lowest BCUT2D eigenvalue weighted by Gasteiger charge is -2.23. The molecule has 1 aromatic heterocycles. The third kappa shape index (κ3) is 1.69. The predicted molar refractivity (Wildman–Crippen MR) is 72.6 cm³/mol. The fraction of sp³-hybridized carbons (Fsp3) is 0.429. The van der Waals surface area contributed by atoms with E-state index in [1.807, 2.05) is 19.1 Å². The zero-order valence-electron chi connectivity index (χ0n) is 10.3. The number of carbonyl (C=O) groups excluding carboxylic acids is 1. The van der Waals surface area contributed by atoms with Crippen LogP contribution in [0.4, 0.5) is 0 Å². The van der Waals surface area contributed by atoms with Gasteiger partial charge in [-0.2, -0.15) is 4.99 Å². The van der Waals surface area contributed by atoms with Gasteiger partial charge in [-0.1, -0.05) is 25.0 Å². The van der Waals surface area contributed by atoms with Crippen LogP contribution < -0.4 is 0 Å². The molecule has 1 saturated carbocycles. The number of aliphatic imine (C=N–C) groups is 1.